The van der Waals surface area contributed by atoms with E-state index in [2.05, 4.69) is 15.0 Å². The number of halogens is 2. The van der Waals surface area contributed by atoms with Crippen molar-refractivity contribution in [2.24, 2.45) is 10.9 Å². The average molecular weight is 612 g/mol. The summed E-state index contributed by atoms with van der Waals surface area (Å²) in [5.74, 6) is -2.08. The molecule has 0 radical (unpaired) electrons. The topological polar surface area (TPSA) is 122 Å². The van der Waals surface area contributed by atoms with Gasteiger partial charge in [-0.2, -0.15) is 0 Å². The number of aromatic nitrogens is 4. The largest absolute Gasteiger partial charge is 0.481 e. The lowest BCUT2D eigenvalue weighted by Gasteiger charge is -2.18. The lowest BCUT2D eigenvalue weighted by atomic mass is 10.2. The Kier molecular flexibility index (Phi) is 7.05. The number of benzene rings is 2. The molecule has 2 aromatic heterocycles. The fourth-order valence-corrected chi connectivity index (χ4v) is 5.10. The Morgan fingerprint density at radius 3 is 2.65 bits per heavy atom. The fraction of sp³-hybridized carbons (Fsp3) is 0.227. The van der Waals surface area contributed by atoms with E-state index < -0.39 is 27.3 Å². The summed E-state index contributed by atoms with van der Waals surface area (Å²) in [4.78, 5) is 49.5. The number of aryl methyl sites for hydroxylation is 1. The average Bonchev–Trinajstić information content (AvgIpc) is 3.16. The van der Waals surface area contributed by atoms with E-state index in [1.807, 2.05) is 19.1 Å². The molecule has 34 heavy (non-hydrogen) atoms. The zero-order valence-corrected chi connectivity index (χ0v) is 21.8. The molecule has 0 amide bonds. The zero-order chi connectivity index (χ0) is 24.6. The molecule has 0 unspecified atom stereocenters. The van der Waals surface area contributed by atoms with Crippen LogP contribution in [0.4, 0.5) is 5.69 Å². The summed E-state index contributed by atoms with van der Waals surface area (Å²) in [6, 6.07) is 12.4. The molecule has 4 rings (SSSR count). The standard InChI is InChI=1S/C22H19ClIN5O4S/c1-11(19(30)31)18(24)29-21(32)27-20(26-15-7-8-16-17(9-15)34-12(2)25-16)28(22(29)33)10-13-3-5-14(23)6-4-13/h3-9,11,18H,10H2,1-2H3,(H,30,31)(H,26,27,32)/t11-,18-/m1/s1. The number of fused-ring (bicyclic) bond motifs is 1. The Morgan fingerprint density at radius 1 is 1.26 bits per heavy atom. The number of aliphatic carboxylic acids is 1. The molecule has 0 saturated heterocycles. The van der Waals surface area contributed by atoms with Gasteiger partial charge in [-0.05, 0) is 49.7 Å². The molecule has 0 spiro atoms. The summed E-state index contributed by atoms with van der Waals surface area (Å²) in [6.07, 6.45) is 0. The normalized spacial score (nSPS) is 13.8. The van der Waals surface area contributed by atoms with Gasteiger partial charge in [-0.25, -0.2) is 24.1 Å². The minimum Gasteiger partial charge on any atom is -0.481 e. The highest BCUT2D eigenvalue weighted by Gasteiger charge is 2.26. The van der Waals surface area contributed by atoms with Crippen molar-refractivity contribution in [1.82, 2.24) is 19.1 Å². The Morgan fingerprint density at radius 2 is 1.97 bits per heavy atom. The molecule has 2 N–H and O–H groups in total. The predicted molar refractivity (Wildman–Crippen MR) is 139 cm³/mol. The van der Waals surface area contributed by atoms with E-state index in [4.69, 9.17) is 11.6 Å². The van der Waals surface area contributed by atoms with Gasteiger partial charge < -0.3 is 5.11 Å². The van der Waals surface area contributed by atoms with Crippen LogP contribution in [-0.4, -0.2) is 30.2 Å². The van der Waals surface area contributed by atoms with Crippen LogP contribution in [0, 0.1) is 12.8 Å². The van der Waals surface area contributed by atoms with E-state index in [9.17, 15) is 19.5 Å². The van der Waals surface area contributed by atoms with Crippen LogP contribution in [0.2, 0.25) is 5.02 Å². The van der Waals surface area contributed by atoms with Gasteiger partial charge in [0, 0.05) is 5.02 Å². The van der Waals surface area contributed by atoms with E-state index in [0.29, 0.717) is 10.7 Å². The van der Waals surface area contributed by atoms with Crippen molar-refractivity contribution in [3.63, 3.8) is 0 Å². The van der Waals surface area contributed by atoms with Gasteiger partial charge >= 0.3 is 17.3 Å². The molecule has 0 saturated carbocycles. The highest BCUT2D eigenvalue weighted by molar-refractivity contribution is 14.1. The molecule has 9 nitrogen and oxygen atoms in total. The number of hydrogen-bond acceptors (Lipinski definition) is 6. The van der Waals surface area contributed by atoms with E-state index in [1.165, 1.54) is 22.8 Å². The van der Waals surface area contributed by atoms with E-state index in [1.54, 1.807) is 52.9 Å². The minimum absolute atomic E-state index is 0.0494. The second-order valence-electron chi connectivity index (χ2n) is 7.62. The van der Waals surface area contributed by atoms with E-state index in [-0.39, 0.29) is 12.2 Å². The van der Waals surface area contributed by atoms with Crippen molar-refractivity contribution in [2.45, 2.75) is 24.4 Å². The molecule has 2 aromatic carbocycles. The number of hydrogen-bond donors (Lipinski definition) is 2. The van der Waals surface area contributed by atoms with Crippen molar-refractivity contribution in [3.8, 4) is 0 Å². The maximum absolute atomic E-state index is 13.5. The Bertz CT molecular complexity index is 1570. The van der Waals surface area contributed by atoms with E-state index in [0.717, 1.165) is 25.4 Å². The SMILES string of the molecule is Cc1nc2ccc(/N=c3\[nH]c(=O)n([C@@H](I)[C@@H](C)C(=O)O)c(=O)n3Cc3ccc(Cl)cc3)cc2s1. The van der Waals surface area contributed by atoms with Crippen molar-refractivity contribution < 1.29 is 9.90 Å². The van der Waals surface area contributed by atoms with Crippen LogP contribution < -0.4 is 17.0 Å². The maximum Gasteiger partial charge on any atom is 0.336 e. The first-order chi connectivity index (χ1) is 16.1. The summed E-state index contributed by atoms with van der Waals surface area (Å²) in [6.45, 7) is 3.45. The van der Waals surface area contributed by atoms with Crippen LogP contribution >= 0.6 is 45.5 Å². The van der Waals surface area contributed by atoms with Gasteiger partial charge in [-0.1, -0.05) is 46.3 Å². The van der Waals surface area contributed by atoms with Crippen molar-refractivity contribution >= 4 is 67.4 Å². The van der Waals surface area contributed by atoms with Crippen LogP contribution in [0.5, 0.6) is 0 Å². The van der Waals surface area contributed by atoms with Crippen LogP contribution in [0.15, 0.2) is 57.0 Å². The van der Waals surface area contributed by atoms with Gasteiger partial charge in [-0.3, -0.25) is 14.3 Å². The molecular weight excluding hydrogens is 593 g/mol. The molecule has 4 aromatic rings. The number of rotatable bonds is 6. The number of carbonyl (C=O) groups is 1. The van der Waals surface area contributed by atoms with Gasteiger partial charge in [0.2, 0.25) is 5.62 Å². The quantitative estimate of drug-likeness (QED) is 0.253. The summed E-state index contributed by atoms with van der Waals surface area (Å²) >= 11 is 9.30. The van der Waals surface area contributed by atoms with Gasteiger partial charge in [0.1, 0.15) is 4.05 Å². The zero-order valence-electron chi connectivity index (χ0n) is 18.0. The van der Waals surface area contributed by atoms with Crippen LogP contribution in [0.25, 0.3) is 10.2 Å². The first kappa shape index (κ1) is 24.4. The van der Waals surface area contributed by atoms with Crippen molar-refractivity contribution in [2.75, 3.05) is 0 Å². The number of thiazole rings is 1. The number of H-pyrrole nitrogens is 1. The second-order valence-corrected chi connectivity index (χ2v) is 10.6. The number of aromatic amines is 1. The van der Waals surface area contributed by atoms with Crippen molar-refractivity contribution in [1.29, 1.82) is 0 Å². The summed E-state index contributed by atoms with van der Waals surface area (Å²) < 4.78 is 2.24. The van der Waals surface area contributed by atoms with E-state index >= 15 is 0 Å². The van der Waals surface area contributed by atoms with Gasteiger partial charge in [0.05, 0.1) is 33.4 Å². The third-order valence-corrected chi connectivity index (χ3v) is 7.97. The van der Waals surface area contributed by atoms with Crippen molar-refractivity contribution in [3.05, 3.63) is 84.6 Å². The third kappa shape index (κ3) is 5.00. The lowest BCUT2D eigenvalue weighted by molar-refractivity contribution is -0.141. The predicted octanol–water partition coefficient (Wildman–Crippen LogP) is 3.84. The summed E-state index contributed by atoms with van der Waals surface area (Å²) in [5.41, 5.74) is 0.784. The first-order valence-corrected chi connectivity index (χ1v) is 12.6. The van der Waals surface area contributed by atoms with Crippen LogP contribution in [-0.2, 0) is 11.3 Å². The first-order valence-electron chi connectivity index (χ1n) is 10.1. The molecule has 12 heteroatoms. The molecule has 0 aliphatic rings. The Hall–Kier alpha value is -2.77. The number of nitrogens with zero attached hydrogens (tertiary/aromatic N) is 4. The van der Waals surface area contributed by atoms with Crippen LogP contribution in [0.1, 0.15) is 21.5 Å². The fourth-order valence-electron chi connectivity index (χ4n) is 3.31. The number of alkyl halides is 1. The number of nitrogens with one attached hydrogen (secondary N) is 1. The molecule has 2 heterocycles. The molecule has 0 aliphatic heterocycles. The summed E-state index contributed by atoms with van der Waals surface area (Å²) in [7, 11) is 0. The van der Waals surface area contributed by atoms with Gasteiger partial charge in [0.25, 0.3) is 0 Å². The molecule has 176 valence electrons. The highest BCUT2D eigenvalue weighted by atomic mass is 127. The Balaban J connectivity index is 1.92. The Labute approximate surface area is 215 Å². The third-order valence-electron chi connectivity index (χ3n) is 5.15. The van der Waals surface area contributed by atoms with Gasteiger partial charge in [-0.15, -0.1) is 11.3 Å². The smallest absolute Gasteiger partial charge is 0.336 e. The molecule has 2 atom stereocenters. The molecule has 0 aliphatic carbocycles. The monoisotopic (exact) mass is 611 g/mol. The number of carboxylic acid groups (broad SMARTS) is 1. The summed E-state index contributed by atoms with van der Waals surface area (Å²) in [5, 5.41) is 10.9. The van der Waals surface area contributed by atoms with Gasteiger partial charge in [0.15, 0.2) is 0 Å². The maximum atomic E-state index is 13.5. The number of carboxylic acids is 1. The molecule has 0 bridgehead atoms. The minimum atomic E-state index is -1.11. The second kappa shape index (κ2) is 9.84. The van der Waals surface area contributed by atoms with Crippen LogP contribution in [0.3, 0.4) is 0 Å². The molecular formula is C22H19ClIN5O4S. The molecule has 0 fully saturated rings. The highest BCUT2D eigenvalue weighted by Crippen LogP contribution is 2.26. The lowest BCUT2D eigenvalue weighted by Crippen LogP contribution is -2.51.